The molecule has 0 saturated carbocycles. The second-order valence-electron chi connectivity index (χ2n) is 2.63. The minimum Gasteiger partial charge on any atom is -0.481 e. The maximum Gasteiger partial charge on any atom is 0.324 e. The lowest BCUT2D eigenvalue weighted by atomic mass is 10.2. The number of carboxylic acids is 2. The molecule has 0 bridgehead atoms. The van der Waals surface area contributed by atoms with Crippen molar-refractivity contribution in [1.29, 1.82) is 0 Å². The molecule has 3 N–H and O–H groups in total. The van der Waals surface area contributed by atoms with E-state index in [0.29, 0.717) is 0 Å². The third kappa shape index (κ3) is 4.77. The number of aliphatic carboxylic acids is 2. The number of hydrogen-bond donors (Lipinski definition) is 3. The number of rotatable bonds is 6. The second kappa shape index (κ2) is 4.91. The van der Waals surface area contributed by atoms with Crippen molar-refractivity contribution < 1.29 is 32.8 Å². The molecule has 0 amide bonds. The van der Waals surface area contributed by atoms with Crippen LogP contribution in [0.15, 0.2) is 0 Å². The van der Waals surface area contributed by atoms with Crippen LogP contribution in [-0.4, -0.2) is 40.4 Å². The smallest absolute Gasteiger partial charge is 0.324 e. The van der Waals surface area contributed by atoms with Gasteiger partial charge in [-0.15, -0.1) is 0 Å². The quantitative estimate of drug-likeness (QED) is 0.524. The van der Waals surface area contributed by atoms with Crippen molar-refractivity contribution in [3.8, 4) is 0 Å². The molecule has 1 atom stereocenters. The van der Waals surface area contributed by atoms with Crippen LogP contribution in [-0.2, 0) is 19.7 Å². The fraction of sp³-hybridized carbons (Fsp3) is 0.667. The monoisotopic (exact) mass is 226 g/mol. The summed E-state index contributed by atoms with van der Waals surface area (Å²) in [5, 5.41) is 14.7. The molecule has 0 spiro atoms. The molecular formula is C6H10O7S. The molecule has 0 aromatic carbocycles. The fourth-order valence-corrected chi connectivity index (χ4v) is 1.56. The Morgan fingerprint density at radius 1 is 1.21 bits per heavy atom. The molecular weight excluding hydrogens is 216 g/mol. The van der Waals surface area contributed by atoms with Crippen molar-refractivity contribution in [2.75, 3.05) is 0 Å². The van der Waals surface area contributed by atoms with Crippen LogP contribution in [0.1, 0.15) is 19.3 Å². The SMILES string of the molecule is O=C(O)CCC[C@@H](C(=O)O)S(=O)(=O)O. The summed E-state index contributed by atoms with van der Waals surface area (Å²) in [5.74, 6) is -2.83. The lowest BCUT2D eigenvalue weighted by Crippen LogP contribution is -2.29. The van der Waals surface area contributed by atoms with Crippen molar-refractivity contribution in [1.82, 2.24) is 0 Å². The van der Waals surface area contributed by atoms with Crippen molar-refractivity contribution in [3.05, 3.63) is 0 Å². The Labute approximate surface area is 80.1 Å². The maximum atomic E-state index is 10.5. The zero-order valence-corrected chi connectivity index (χ0v) is 7.90. The molecule has 0 radical (unpaired) electrons. The molecule has 14 heavy (non-hydrogen) atoms. The average Bonchev–Trinajstić information content (AvgIpc) is 1.94. The van der Waals surface area contributed by atoms with E-state index in [1.165, 1.54) is 0 Å². The standard InChI is InChI=1S/C6H10O7S/c7-5(8)3-1-2-4(6(9)10)14(11,12)13/h4H,1-3H2,(H,7,8)(H,9,10)(H,11,12,13)/t4-/m0/s1. The minimum absolute atomic E-state index is 0.119. The lowest BCUT2D eigenvalue weighted by molar-refractivity contribution is -0.139. The highest BCUT2D eigenvalue weighted by atomic mass is 32.2. The van der Waals surface area contributed by atoms with Crippen molar-refractivity contribution in [3.63, 3.8) is 0 Å². The number of carboxylic acid groups (broad SMARTS) is 2. The molecule has 0 aromatic heterocycles. The zero-order chi connectivity index (χ0) is 11.4. The summed E-state index contributed by atoms with van der Waals surface area (Å²) >= 11 is 0. The Hall–Kier alpha value is -1.15. The molecule has 0 aliphatic heterocycles. The van der Waals surface area contributed by atoms with Gasteiger partial charge in [0.05, 0.1) is 0 Å². The highest BCUT2D eigenvalue weighted by Crippen LogP contribution is 2.09. The van der Waals surface area contributed by atoms with Gasteiger partial charge in [0.2, 0.25) is 0 Å². The molecule has 0 aliphatic carbocycles. The van der Waals surface area contributed by atoms with Gasteiger partial charge in [-0.2, -0.15) is 8.42 Å². The molecule has 7 nitrogen and oxygen atoms in total. The van der Waals surface area contributed by atoms with Crippen molar-refractivity contribution in [2.24, 2.45) is 0 Å². The molecule has 0 unspecified atom stereocenters. The first-order valence-corrected chi connectivity index (χ1v) is 5.16. The number of hydrogen-bond acceptors (Lipinski definition) is 4. The fourth-order valence-electron chi connectivity index (χ4n) is 0.838. The van der Waals surface area contributed by atoms with Gasteiger partial charge in [-0.1, -0.05) is 0 Å². The Morgan fingerprint density at radius 3 is 2.00 bits per heavy atom. The summed E-state index contributed by atoms with van der Waals surface area (Å²) in [6, 6.07) is 0. The van der Waals surface area contributed by atoms with Gasteiger partial charge < -0.3 is 10.2 Å². The first kappa shape index (κ1) is 12.8. The minimum atomic E-state index is -4.65. The highest BCUT2D eigenvalue weighted by Gasteiger charge is 2.30. The second-order valence-corrected chi connectivity index (χ2v) is 4.23. The van der Waals surface area contributed by atoms with Crippen LogP contribution in [0.25, 0.3) is 0 Å². The van der Waals surface area contributed by atoms with Crippen LogP contribution in [0.2, 0.25) is 0 Å². The van der Waals surface area contributed by atoms with E-state index in [0.717, 1.165) is 0 Å². The van der Waals surface area contributed by atoms with Gasteiger partial charge in [0.15, 0.2) is 5.25 Å². The molecule has 0 rings (SSSR count). The van der Waals surface area contributed by atoms with Gasteiger partial charge in [-0.05, 0) is 12.8 Å². The highest BCUT2D eigenvalue weighted by molar-refractivity contribution is 7.87. The van der Waals surface area contributed by atoms with Gasteiger partial charge in [0, 0.05) is 6.42 Å². The molecule has 8 heteroatoms. The Kier molecular flexibility index (Phi) is 4.51. The van der Waals surface area contributed by atoms with Crippen molar-refractivity contribution in [2.45, 2.75) is 24.5 Å². The van der Waals surface area contributed by atoms with E-state index in [4.69, 9.17) is 14.8 Å². The van der Waals surface area contributed by atoms with Gasteiger partial charge in [0.1, 0.15) is 0 Å². The van der Waals surface area contributed by atoms with E-state index in [-0.39, 0.29) is 12.8 Å². The third-order valence-electron chi connectivity index (χ3n) is 1.49. The van der Waals surface area contributed by atoms with Crippen LogP contribution in [0, 0.1) is 0 Å². The van der Waals surface area contributed by atoms with Crippen molar-refractivity contribution >= 4 is 22.1 Å². The normalized spacial score (nSPS) is 13.5. The molecule has 82 valence electrons. The summed E-state index contributed by atoms with van der Waals surface area (Å²) in [6.07, 6.45) is -0.869. The van der Waals surface area contributed by atoms with Crippen LogP contribution in [0.5, 0.6) is 0 Å². The topological polar surface area (TPSA) is 129 Å². The Morgan fingerprint density at radius 2 is 1.71 bits per heavy atom. The van der Waals surface area contributed by atoms with Crippen LogP contribution < -0.4 is 0 Å². The van der Waals surface area contributed by atoms with E-state index < -0.39 is 33.7 Å². The first-order chi connectivity index (χ1) is 6.25. The summed E-state index contributed by atoms with van der Waals surface area (Å²) in [6.45, 7) is 0. The van der Waals surface area contributed by atoms with E-state index in [1.807, 2.05) is 0 Å². The predicted octanol–water partition coefficient (Wildman–Crippen LogP) is -0.418. The van der Waals surface area contributed by atoms with E-state index in [9.17, 15) is 18.0 Å². The maximum absolute atomic E-state index is 10.5. The summed E-state index contributed by atoms with van der Waals surface area (Å²) < 4.78 is 29.4. The summed E-state index contributed by atoms with van der Waals surface area (Å²) in [5.41, 5.74) is 0. The van der Waals surface area contributed by atoms with Gasteiger partial charge in [-0.3, -0.25) is 14.1 Å². The Balaban J connectivity index is 4.28. The third-order valence-corrected chi connectivity index (χ3v) is 2.65. The molecule has 0 aliphatic rings. The van der Waals surface area contributed by atoms with Crippen LogP contribution in [0.4, 0.5) is 0 Å². The van der Waals surface area contributed by atoms with E-state index >= 15 is 0 Å². The van der Waals surface area contributed by atoms with Crippen LogP contribution in [0.3, 0.4) is 0 Å². The number of carbonyl (C=O) groups is 2. The lowest BCUT2D eigenvalue weighted by Gasteiger charge is -2.07. The summed E-state index contributed by atoms with van der Waals surface area (Å²) in [4.78, 5) is 20.4. The van der Waals surface area contributed by atoms with Gasteiger partial charge in [-0.25, -0.2) is 0 Å². The van der Waals surface area contributed by atoms with Gasteiger partial charge >= 0.3 is 11.9 Å². The zero-order valence-electron chi connectivity index (χ0n) is 7.08. The molecule has 0 heterocycles. The average molecular weight is 226 g/mol. The van der Waals surface area contributed by atoms with E-state index in [1.54, 1.807) is 0 Å². The molecule has 0 fully saturated rings. The van der Waals surface area contributed by atoms with Crippen LogP contribution >= 0.6 is 0 Å². The largest absolute Gasteiger partial charge is 0.481 e. The van der Waals surface area contributed by atoms with E-state index in [2.05, 4.69) is 0 Å². The molecule has 0 saturated heterocycles. The summed E-state index contributed by atoms with van der Waals surface area (Å²) in [7, 11) is -4.65. The first-order valence-electron chi connectivity index (χ1n) is 3.66. The van der Waals surface area contributed by atoms with Gasteiger partial charge in [0.25, 0.3) is 10.1 Å². The predicted molar refractivity (Wildman–Crippen MR) is 44.5 cm³/mol. The Bertz CT molecular complexity index is 317. The molecule has 0 aromatic rings.